The van der Waals surface area contributed by atoms with Gasteiger partial charge >= 0.3 is 0 Å². The van der Waals surface area contributed by atoms with Crippen molar-refractivity contribution in [1.29, 1.82) is 0 Å². The van der Waals surface area contributed by atoms with Crippen LogP contribution < -0.4 is 5.32 Å². The average Bonchev–Trinajstić information content (AvgIpc) is 2.87. The fourth-order valence-electron chi connectivity index (χ4n) is 2.38. The minimum absolute atomic E-state index is 0.128. The Labute approximate surface area is 89.5 Å². The first-order chi connectivity index (χ1) is 7.27. The largest absolute Gasteiger partial charge is 0.323 e. The number of amides is 1. The molecular weight excluding hydrogens is 190 g/mol. The summed E-state index contributed by atoms with van der Waals surface area (Å²) in [6.07, 6.45) is 8.66. The standard InChI is InChI=1S/C11H17N3O/c1-2-11(5-3-4-6-11)10(15)14-9-7-12-13-8-9/h7-8H,2-6H2,1H3,(H,12,13)(H,14,15). The summed E-state index contributed by atoms with van der Waals surface area (Å²) in [6, 6.07) is 0. The lowest BCUT2D eigenvalue weighted by molar-refractivity contribution is -0.125. The lowest BCUT2D eigenvalue weighted by atomic mass is 9.82. The molecule has 1 aromatic heterocycles. The molecule has 4 nitrogen and oxygen atoms in total. The first-order valence-corrected chi connectivity index (χ1v) is 5.57. The number of carbonyl (C=O) groups is 1. The van der Waals surface area contributed by atoms with Crippen LogP contribution in [0.25, 0.3) is 0 Å². The molecular formula is C11H17N3O. The number of carbonyl (C=O) groups excluding carboxylic acids is 1. The van der Waals surface area contributed by atoms with E-state index in [1.807, 2.05) is 0 Å². The van der Waals surface area contributed by atoms with Gasteiger partial charge in [-0.3, -0.25) is 9.89 Å². The summed E-state index contributed by atoms with van der Waals surface area (Å²) in [5.41, 5.74) is 0.636. The molecule has 82 valence electrons. The summed E-state index contributed by atoms with van der Waals surface area (Å²) in [7, 11) is 0. The Morgan fingerprint density at radius 3 is 2.87 bits per heavy atom. The van der Waals surface area contributed by atoms with E-state index in [1.54, 1.807) is 12.4 Å². The zero-order valence-corrected chi connectivity index (χ0v) is 9.05. The molecule has 1 saturated carbocycles. The third-order valence-corrected chi connectivity index (χ3v) is 3.48. The van der Waals surface area contributed by atoms with Crippen molar-refractivity contribution in [3.63, 3.8) is 0 Å². The molecule has 2 N–H and O–H groups in total. The maximum absolute atomic E-state index is 12.1. The molecule has 4 heteroatoms. The maximum atomic E-state index is 12.1. The topological polar surface area (TPSA) is 57.8 Å². The summed E-state index contributed by atoms with van der Waals surface area (Å²) in [6.45, 7) is 2.10. The first-order valence-electron chi connectivity index (χ1n) is 5.57. The van der Waals surface area contributed by atoms with Crippen LogP contribution in [0.15, 0.2) is 12.4 Å². The van der Waals surface area contributed by atoms with E-state index in [4.69, 9.17) is 0 Å². The molecule has 1 aliphatic carbocycles. The summed E-state index contributed by atoms with van der Waals surface area (Å²) >= 11 is 0. The molecule has 1 fully saturated rings. The third-order valence-electron chi connectivity index (χ3n) is 3.48. The predicted molar refractivity (Wildman–Crippen MR) is 58.4 cm³/mol. The van der Waals surface area contributed by atoms with E-state index in [0.29, 0.717) is 0 Å². The van der Waals surface area contributed by atoms with Crippen LogP contribution in [0.4, 0.5) is 5.69 Å². The van der Waals surface area contributed by atoms with Crippen LogP contribution in [0.3, 0.4) is 0 Å². The van der Waals surface area contributed by atoms with Gasteiger partial charge in [0.05, 0.1) is 11.9 Å². The SMILES string of the molecule is CCC1(C(=O)Nc2cn[nH]c2)CCCC1. The van der Waals surface area contributed by atoms with Gasteiger partial charge in [-0.05, 0) is 19.3 Å². The Morgan fingerprint density at radius 2 is 2.33 bits per heavy atom. The van der Waals surface area contributed by atoms with Crippen LogP contribution in [-0.4, -0.2) is 16.1 Å². The highest BCUT2D eigenvalue weighted by atomic mass is 16.2. The van der Waals surface area contributed by atoms with Crippen molar-refractivity contribution in [2.75, 3.05) is 5.32 Å². The molecule has 2 rings (SSSR count). The van der Waals surface area contributed by atoms with Gasteiger partial charge in [0.15, 0.2) is 0 Å². The van der Waals surface area contributed by atoms with Crippen LogP contribution in [0.1, 0.15) is 39.0 Å². The molecule has 1 amide bonds. The van der Waals surface area contributed by atoms with E-state index >= 15 is 0 Å². The normalized spacial score (nSPS) is 19.0. The Hall–Kier alpha value is -1.32. The van der Waals surface area contributed by atoms with Gasteiger partial charge < -0.3 is 5.32 Å². The number of H-pyrrole nitrogens is 1. The van der Waals surface area contributed by atoms with E-state index in [9.17, 15) is 4.79 Å². The van der Waals surface area contributed by atoms with Gasteiger partial charge in [-0.2, -0.15) is 5.10 Å². The highest BCUT2D eigenvalue weighted by molar-refractivity contribution is 5.95. The Kier molecular flexibility index (Phi) is 2.75. The van der Waals surface area contributed by atoms with Crippen molar-refractivity contribution in [2.45, 2.75) is 39.0 Å². The average molecular weight is 207 g/mol. The van der Waals surface area contributed by atoms with Gasteiger partial charge in [0.1, 0.15) is 0 Å². The summed E-state index contributed by atoms with van der Waals surface area (Å²) < 4.78 is 0. The molecule has 0 spiro atoms. The number of nitrogens with one attached hydrogen (secondary N) is 2. The van der Waals surface area contributed by atoms with Gasteiger partial charge in [0.2, 0.25) is 5.91 Å². The second-order valence-corrected chi connectivity index (χ2v) is 4.28. The number of nitrogens with zero attached hydrogens (tertiary/aromatic N) is 1. The van der Waals surface area contributed by atoms with Gasteiger partial charge in [-0.15, -0.1) is 0 Å². The number of aromatic nitrogens is 2. The van der Waals surface area contributed by atoms with Gasteiger partial charge in [0.25, 0.3) is 0 Å². The van der Waals surface area contributed by atoms with E-state index in [1.165, 1.54) is 12.8 Å². The first kappa shape index (κ1) is 10.2. The number of hydrogen-bond acceptors (Lipinski definition) is 2. The summed E-state index contributed by atoms with van der Waals surface area (Å²) in [4.78, 5) is 12.1. The monoisotopic (exact) mass is 207 g/mol. The van der Waals surface area contributed by atoms with Crippen LogP contribution in [-0.2, 0) is 4.79 Å². The highest BCUT2D eigenvalue weighted by Gasteiger charge is 2.39. The number of rotatable bonds is 3. The van der Waals surface area contributed by atoms with Gasteiger partial charge in [-0.25, -0.2) is 0 Å². The molecule has 0 atom stereocenters. The molecule has 0 aliphatic heterocycles. The lowest BCUT2D eigenvalue weighted by Crippen LogP contribution is -2.33. The van der Waals surface area contributed by atoms with E-state index < -0.39 is 0 Å². The van der Waals surface area contributed by atoms with E-state index in [0.717, 1.165) is 24.9 Å². The van der Waals surface area contributed by atoms with E-state index in [2.05, 4.69) is 22.4 Å². The fraction of sp³-hybridized carbons (Fsp3) is 0.636. The number of hydrogen-bond donors (Lipinski definition) is 2. The van der Waals surface area contributed by atoms with Crippen LogP contribution in [0.2, 0.25) is 0 Å². The van der Waals surface area contributed by atoms with Crippen molar-refractivity contribution < 1.29 is 4.79 Å². The van der Waals surface area contributed by atoms with E-state index in [-0.39, 0.29) is 11.3 Å². The summed E-state index contributed by atoms with van der Waals surface area (Å²) in [5, 5.41) is 9.43. The highest BCUT2D eigenvalue weighted by Crippen LogP contribution is 2.41. The molecule has 1 heterocycles. The zero-order chi connectivity index (χ0) is 10.7. The number of anilines is 1. The van der Waals surface area contributed by atoms with Crippen LogP contribution in [0, 0.1) is 5.41 Å². The molecule has 15 heavy (non-hydrogen) atoms. The minimum Gasteiger partial charge on any atom is -0.323 e. The Bertz CT molecular complexity index is 326. The van der Waals surface area contributed by atoms with Crippen molar-refractivity contribution in [3.05, 3.63) is 12.4 Å². The number of aromatic amines is 1. The lowest BCUT2D eigenvalue weighted by Gasteiger charge is -2.25. The van der Waals surface area contributed by atoms with Crippen LogP contribution in [0.5, 0.6) is 0 Å². The molecule has 0 aromatic carbocycles. The zero-order valence-electron chi connectivity index (χ0n) is 9.05. The summed E-state index contributed by atoms with van der Waals surface area (Å²) in [5.74, 6) is 0.156. The van der Waals surface area contributed by atoms with Crippen molar-refractivity contribution in [1.82, 2.24) is 10.2 Å². The second-order valence-electron chi connectivity index (χ2n) is 4.28. The molecule has 0 saturated heterocycles. The Balaban J connectivity index is 2.06. The molecule has 0 radical (unpaired) electrons. The molecule has 0 unspecified atom stereocenters. The maximum Gasteiger partial charge on any atom is 0.230 e. The fourth-order valence-corrected chi connectivity index (χ4v) is 2.38. The van der Waals surface area contributed by atoms with Crippen molar-refractivity contribution in [3.8, 4) is 0 Å². The Morgan fingerprint density at radius 1 is 1.60 bits per heavy atom. The van der Waals surface area contributed by atoms with Crippen molar-refractivity contribution in [2.24, 2.45) is 5.41 Å². The molecule has 0 bridgehead atoms. The van der Waals surface area contributed by atoms with Crippen LogP contribution >= 0.6 is 0 Å². The van der Waals surface area contributed by atoms with Gasteiger partial charge in [-0.1, -0.05) is 19.8 Å². The third kappa shape index (κ3) is 1.89. The minimum atomic E-state index is -0.128. The molecule has 1 aromatic rings. The van der Waals surface area contributed by atoms with Crippen molar-refractivity contribution >= 4 is 11.6 Å². The van der Waals surface area contributed by atoms with Gasteiger partial charge in [0, 0.05) is 11.6 Å². The predicted octanol–water partition coefficient (Wildman–Crippen LogP) is 2.32. The quantitative estimate of drug-likeness (QED) is 0.799. The smallest absolute Gasteiger partial charge is 0.230 e. The second kappa shape index (κ2) is 4.04. The molecule has 1 aliphatic rings.